The number of aromatic amines is 1. The molecule has 8 nitrogen and oxygen atoms in total. The lowest BCUT2D eigenvalue weighted by atomic mass is 10.2. The van der Waals surface area contributed by atoms with E-state index in [0.29, 0.717) is 36.9 Å². The van der Waals surface area contributed by atoms with Gasteiger partial charge in [-0.05, 0) is 19.8 Å². The zero-order valence-electron chi connectivity index (χ0n) is 11.8. The first-order valence-corrected chi connectivity index (χ1v) is 8.72. The maximum absolute atomic E-state index is 11.9. The lowest BCUT2D eigenvalue weighted by Crippen LogP contribution is -2.25. The second-order valence-corrected chi connectivity index (χ2v) is 7.47. The molecular formula is C12H18N6O2S. The second kappa shape index (κ2) is 5.47. The van der Waals surface area contributed by atoms with Crippen LogP contribution in [-0.2, 0) is 9.84 Å². The Morgan fingerprint density at radius 3 is 2.95 bits per heavy atom. The Labute approximate surface area is 122 Å². The predicted molar refractivity (Wildman–Crippen MR) is 81.1 cm³/mol. The van der Waals surface area contributed by atoms with E-state index in [0.717, 1.165) is 11.8 Å². The van der Waals surface area contributed by atoms with Gasteiger partial charge in [-0.3, -0.25) is 5.10 Å². The highest BCUT2D eigenvalue weighted by Crippen LogP contribution is 2.23. The van der Waals surface area contributed by atoms with Crippen molar-refractivity contribution in [2.45, 2.75) is 25.0 Å². The Kier molecular flexibility index (Phi) is 3.66. The maximum Gasteiger partial charge on any atom is 0.226 e. The molecule has 0 aliphatic carbocycles. The van der Waals surface area contributed by atoms with Gasteiger partial charge in [0.2, 0.25) is 5.95 Å². The summed E-state index contributed by atoms with van der Waals surface area (Å²) < 4.78 is 23.7. The summed E-state index contributed by atoms with van der Waals surface area (Å²) in [6.45, 7) is 3.03. The molecule has 1 unspecified atom stereocenters. The molecule has 0 radical (unpaired) electrons. The van der Waals surface area contributed by atoms with Crippen molar-refractivity contribution in [3.05, 3.63) is 6.20 Å². The number of H-pyrrole nitrogens is 1. The van der Waals surface area contributed by atoms with Crippen LogP contribution >= 0.6 is 0 Å². The molecule has 1 aliphatic heterocycles. The fourth-order valence-electron chi connectivity index (χ4n) is 2.50. The quantitative estimate of drug-likeness (QED) is 0.747. The highest BCUT2D eigenvalue weighted by molar-refractivity contribution is 7.92. The average Bonchev–Trinajstić information content (AvgIpc) is 3.02. The van der Waals surface area contributed by atoms with Crippen molar-refractivity contribution in [1.82, 2.24) is 20.2 Å². The van der Waals surface area contributed by atoms with Gasteiger partial charge in [-0.15, -0.1) is 0 Å². The van der Waals surface area contributed by atoms with Gasteiger partial charge in [0.05, 0.1) is 22.6 Å². The van der Waals surface area contributed by atoms with Crippen LogP contribution < -0.4 is 10.6 Å². The average molecular weight is 310 g/mol. The van der Waals surface area contributed by atoms with E-state index >= 15 is 0 Å². The van der Waals surface area contributed by atoms with Crippen molar-refractivity contribution in [3.8, 4) is 0 Å². The molecule has 0 aromatic carbocycles. The third-order valence-corrected chi connectivity index (χ3v) is 5.88. The molecule has 9 heteroatoms. The number of hydrogen-bond donors (Lipinski definition) is 3. The zero-order chi connectivity index (χ0) is 14.9. The van der Waals surface area contributed by atoms with Crippen LogP contribution in [0.3, 0.4) is 0 Å². The third-order valence-electron chi connectivity index (χ3n) is 3.60. The maximum atomic E-state index is 11.9. The lowest BCUT2D eigenvalue weighted by Gasteiger charge is -2.12. The lowest BCUT2D eigenvalue weighted by molar-refractivity contribution is 0.591. The first-order chi connectivity index (χ1) is 10.1. The van der Waals surface area contributed by atoms with Crippen LogP contribution in [-0.4, -0.2) is 52.7 Å². The molecule has 1 aliphatic rings. The summed E-state index contributed by atoms with van der Waals surface area (Å²) in [7, 11) is -2.96. The monoisotopic (exact) mass is 310 g/mol. The van der Waals surface area contributed by atoms with Crippen LogP contribution in [0.25, 0.3) is 11.0 Å². The first-order valence-electron chi connectivity index (χ1n) is 7.00. The third kappa shape index (κ3) is 2.78. The highest BCUT2D eigenvalue weighted by Gasteiger charge is 2.31. The summed E-state index contributed by atoms with van der Waals surface area (Å²) in [5.74, 6) is 1.38. The van der Waals surface area contributed by atoms with Gasteiger partial charge in [-0.25, -0.2) is 8.42 Å². The minimum atomic E-state index is -2.96. The fourth-order valence-corrected chi connectivity index (χ4v) is 4.27. The fraction of sp³-hybridized carbons (Fsp3) is 0.583. The molecular weight excluding hydrogens is 292 g/mol. The van der Waals surface area contributed by atoms with Gasteiger partial charge in [0.1, 0.15) is 5.82 Å². The van der Waals surface area contributed by atoms with Crippen molar-refractivity contribution >= 4 is 32.6 Å². The van der Waals surface area contributed by atoms with Gasteiger partial charge in [0, 0.05) is 13.1 Å². The highest BCUT2D eigenvalue weighted by atomic mass is 32.2. The molecule has 3 N–H and O–H groups in total. The van der Waals surface area contributed by atoms with E-state index in [-0.39, 0.29) is 11.0 Å². The Hall–Kier alpha value is -1.90. The Balaban J connectivity index is 1.84. The minimum Gasteiger partial charge on any atom is -0.368 e. The summed E-state index contributed by atoms with van der Waals surface area (Å²) in [6.07, 6.45) is 3.08. The molecule has 0 bridgehead atoms. The van der Waals surface area contributed by atoms with Gasteiger partial charge in [-0.1, -0.05) is 0 Å². The number of nitrogens with zero attached hydrogens (tertiary/aromatic N) is 3. The minimum absolute atomic E-state index is 0.285. The number of aromatic nitrogens is 4. The number of hydrogen-bond acceptors (Lipinski definition) is 7. The second-order valence-electron chi connectivity index (χ2n) is 5.07. The number of fused-ring (bicyclic) bond motifs is 1. The molecule has 1 saturated heterocycles. The van der Waals surface area contributed by atoms with Gasteiger partial charge < -0.3 is 10.6 Å². The van der Waals surface area contributed by atoms with Gasteiger partial charge in [-0.2, -0.15) is 15.1 Å². The van der Waals surface area contributed by atoms with E-state index in [9.17, 15) is 8.42 Å². The van der Waals surface area contributed by atoms with Crippen LogP contribution in [0.2, 0.25) is 0 Å². The molecule has 0 saturated carbocycles. The van der Waals surface area contributed by atoms with Crippen molar-refractivity contribution in [3.63, 3.8) is 0 Å². The number of rotatable bonds is 5. The van der Waals surface area contributed by atoms with Crippen LogP contribution in [0.15, 0.2) is 6.20 Å². The van der Waals surface area contributed by atoms with E-state index in [4.69, 9.17) is 0 Å². The van der Waals surface area contributed by atoms with E-state index in [1.807, 2.05) is 6.92 Å². The molecule has 114 valence electrons. The van der Waals surface area contributed by atoms with Crippen LogP contribution in [0.5, 0.6) is 0 Å². The molecule has 2 aromatic heterocycles. The Bertz CT molecular complexity index is 741. The van der Waals surface area contributed by atoms with E-state index in [1.54, 1.807) is 6.20 Å². The summed E-state index contributed by atoms with van der Waals surface area (Å²) in [5.41, 5.74) is 0.623. The summed E-state index contributed by atoms with van der Waals surface area (Å²) in [5, 5.41) is 13.4. The molecule has 1 fully saturated rings. The van der Waals surface area contributed by atoms with Gasteiger partial charge in [0.15, 0.2) is 15.5 Å². The normalized spacial score (nSPS) is 20.7. The number of anilines is 2. The Morgan fingerprint density at radius 2 is 2.24 bits per heavy atom. The predicted octanol–water partition coefficient (Wildman–Crippen LogP) is 0.774. The Morgan fingerprint density at radius 1 is 1.38 bits per heavy atom. The standard InChI is InChI=1S/C12H18N6O2S/c1-2-13-12-16-10(9-7-15-18-11(9)17-12)14-6-8-4-3-5-21(8,19)20/h7-8H,2-6H2,1H3,(H3,13,14,15,16,17,18). The van der Waals surface area contributed by atoms with Crippen LogP contribution in [0.4, 0.5) is 11.8 Å². The SMILES string of the molecule is CCNc1nc(NCC2CCCS2(=O)=O)c2cn[nH]c2n1. The first kappa shape index (κ1) is 14.1. The van der Waals surface area contributed by atoms with Gasteiger partial charge >= 0.3 is 0 Å². The van der Waals surface area contributed by atoms with Crippen LogP contribution in [0.1, 0.15) is 19.8 Å². The smallest absolute Gasteiger partial charge is 0.226 e. The van der Waals surface area contributed by atoms with Crippen molar-refractivity contribution in [1.29, 1.82) is 0 Å². The van der Waals surface area contributed by atoms with Crippen molar-refractivity contribution in [2.24, 2.45) is 0 Å². The summed E-state index contributed by atoms with van der Waals surface area (Å²) in [4.78, 5) is 8.68. The van der Waals surface area contributed by atoms with Crippen LogP contribution in [0, 0.1) is 0 Å². The summed E-state index contributed by atoms with van der Waals surface area (Å²) in [6, 6.07) is 0. The molecule has 0 spiro atoms. The van der Waals surface area contributed by atoms with E-state index in [2.05, 4.69) is 30.8 Å². The van der Waals surface area contributed by atoms with Crippen molar-refractivity contribution < 1.29 is 8.42 Å². The number of sulfone groups is 1. The molecule has 2 aromatic rings. The summed E-state index contributed by atoms with van der Waals surface area (Å²) >= 11 is 0. The number of nitrogens with one attached hydrogen (secondary N) is 3. The molecule has 3 heterocycles. The molecule has 0 amide bonds. The van der Waals surface area contributed by atoms with Gasteiger partial charge in [0.25, 0.3) is 0 Å². The molecule has 21 heavy (non-hydrogen) atoms. The zero-order valence-corrected chi connectivity index (χ0v) is 12.6. The van der Waals surface area contributed by atoms with E-state index in [1.165, 1.54) is 0 Å². The molecule has 3 rings (SSSR count). The van der Waals surface area contributed by atoms with Crippen molar-refractivity contribution in [2.75, 3.05) is 29.5 Å². The molecule has 1 atom stereocenters. The van der Waals surface area contributed by atoms with E-state index < -0.39 is 9.84 Å². The topological polar surface area (TPSA) is 113 Å². The largest absolute Gasteiger partial charge is 0.368 e.